The number of pyridine rings is 4. The molecule has 0 N–H and O–H groups in total. The van der Waals surface area contributed by atoms with Crippen LogP contribution in [0.1, 0.15) is 133 Å². The third kappa shape index (κ3) is 16.6. The first-order chi connectivity index (χ1) is 27.0. The van der Waals surface area contributed by atoms with E-state index in [0.29, 0.717) is 39.1 Å². The average Bonchev–Trinajstić information content (AvgIpc) is 3.64. The van der Waals surface area contributed by atoms with Crippen LogP contribution < -0.4 is 18.3 Å². The largest absolute Gasteiger partial charge is 0.213 e. The molecule has 4 heterocycles. The average molecular weight is 847 g/mol. The highest BCUT2D eigenvalue weighted by atomic mass is 32.2. The second-order valence-corrected chi connectivity index (χ2v) is 23.1. The molecule has 0 aliphatic heterocycles. The SMILES string of the molecule is CC(C)Sc1cc[n+](C(C)C)c2c1CCC2.CC(C)Sc1cc[n+](C(C)C)cc1.CC(C)Sc1cc[n+](C)c2ccccc12.CC(C)Sc1ccc[n+](C(C)C)c1. The summed E-state index contributed by atoms with van der Waals surface area (Å²) >= 11 is 7.75. The van der Waals surface area contributed by atoms with Gasteiger partial charge in [0.05, 0.1) is 10.3 Å². The lowest BCUT2D eigenvalue weighted by Crippen LogP contribution is -2.40. The summed E-state index contributed by atoms with van der Waals surface area (Å²) in [4.78, 5) is 5.59. The molecule has 0 spiro atoms. The molecule has 0 saturated heterocycles. The smallest absolute Gasteiger partial charge is 0.203 e. The molecule has 1 aromatic carbocycles. The maximum absolute atomic E-state index is 2.45. The maximum atomic E-state index is 2.45. The van der Waals surface area contributed by atoms with E-state index in [2.05, 4.69) is 220 Å². The second kappa shape index (κ2) is 24.5. The molecule has 0 amide bonds. The van der Waals surface area contributed by atoms with E-state index in [-0.39, 0.29) is 0 Å². The Morgan fingerprint density at radius 3 is 1.61 bits per heavy atom. The number of aryl methyl sites for hydroxylation is 1. The Labute approximate surface area is 365 Å². The van der Waals surface area contributed by atoms with Gasteiger partial charge in [-0.1, -0.05) is 67.5 Å². The molecule has 5 aromatic rings. The first kappa shape index (κ1) is 48.8. The summed E-state index contributed by atoms with van der Waals surface area (Å²) in [6.07, 6.45) is 16.9. The molecule has 57 heavy (non-hydrogen) atoms. The predicted octanol–water partition coefficient (Wildman–Crippen LogP) is 12.8. The summed E-state index contributed by atoms with van der Waals surface area (Å²) < 4.78 is 9.07. The van der Waals surface area contributed by atoms with Crippen molar-refractivity contribution in [2.24, 2.45) is 7.05 Å². The minimum atomic E-state index is 0.549. The van der Waals surface area contributed by atoms with Crippen molar-refractivity contribution in [3.63, 3.8) is 0 Å². The van der Waals surface area contributed by atoms with Crippen LogP contribution in [0.15, 0.2) is 117 Å². The van der Waals surface area contributed by atoms with Crippen LogP contribution in [0.25, 0.3) is 10.9 Å². The molecule has 1 aliphatic carbocycles. The Kier molecular flexibility index (Phi) is 21.0. The van der Waals surface area contributed by atoms with Crippen LogP contribution in [0.2, 0.25) is 0 Å². The summed E-state index contributed by atoms with van der Waals surface area (Å²) in [7, 11) is 2.09. The highest BCUT2D eigenvalue weighted by Gasteiger charge is 2.26. The van der Waals surface area contributed by atoms with E-state index < -0.39 is 0 Å². The summed E-state index contributed by atoms with van der Waals surface area (Å²) in [6, 6.07) is 23.4. The van der Waals surface area contributed by atoms with Gasteiger partial charge >= 0.3 is 0 Å². The van der Waals surface area contributed by atoms with Crippen molar-refractivity contribution >= 4 is 58.0 Å². The normalized spacial score (nSPS) is 12.2. The van der Waals surface area contributed by atoms with Crippen LogP contribution >= 0.6 is 47.0 Å². The molecule has 8 heteroatoms. The molecule has 310 valence electrons. The molecule has 1 aliphatic rings. The van der Waals surface area contributed by atoms with Crippen molar-refractivity contribution < 1.29 is 18.3 Å². The zero-order valence-corrected chi connectivity index (χ0v) is 41.1. The van der Waals surface area contributed by atoms with Crippen molar-refractivity contribution in [3.05, 3.63) is 109 Å². The van der Waals surface area contributed by atoms with E-state index in [9.17, 15) is 0 Å². The Morgan fingerprint density at radius 1 is 0.474 bits per heavy atom. The third-order valence-electron chi connectivity index (χ3n) is 9.02. The van der Waals surface area contributed by atoms with E-state index in [4.69, 9.17) is 0 Å². The minimum Gasteiger partial charge on any atom is -0.203 e. The molecular weight excluding hydrogens is 773 g/mol. The lowest BCUT2D eigenvalue weighted by atomic mass is 10.2. The topological polar surface area (TPSA) is 15.5 Å². The number of nitrogens with zero attached hydrogens (tertiary/aromatic N) is 4. The Balaban J connectivity index is 0.000000205. The van der Waals surface area contributed by atoms with Gasteiger partial charge in [-0.2, -0.15) is 0 Å². The summed E-state index contributed by atoms with van der Waals surface area (Å²) in [5, 5.41) is 3.97. The fourth-order valence-electron chi connectivity index (χ4n) is 6.41. The van der Waals surface area contributed by atoms with Gasteiger partial charge in [0.1, 0.15) is 7.05 Å². The Bertz CT molecular complexity index is 1930. The summed E-state index contributed by atoms with van der Waals surface area (Å²) in [5.41, 5.74) is 4.50. The zero-order valence-electron chi connectivity index (χ0n) is 37.8. The lowest BCUT2D eigenvalue weighted by Gasteiger charge is -2.11. The van der Waals surface area contributed by atoms with Crippen LogP contribution in [0, 0.1) is 0 Å². The highest BCUT2D eigenvalue weighted by molar-refractivity contribution is 8.00. The van der Waals surface area contributed by atoms with Crippen molar-refractivity contribution in [2.75, 3.05) is 0 Å². The van der Waals surface area contributed by atoms with Gasteiger partial charge in [0, 0.05) is 84.1 Å². The van der Waals surface area contributed by atoms with Gasteiger partial charge in [-0.3, -0.25) is 0 Å². The Morgan fingerprint density at radius 2 is 1.04 bits per heavy atom. The fourth-order valence-corrected chi connectivity index (χ4v) is 10.1. The number of benzene rings is 1. The summed E-state index contributed by atoms with van der Waals surface area (Å²) in [5.74, 6) is 0. The van der Waals surface area contributed by atoms with Crippen LogP contribution in [-0.2, 0) is 19.9 Å². The molecule has 0 saturated carbocycles. The van der Waals surface area contributed by atoms with E-state index in [1.165, 1.54) is 49.7 Å². The van der Waals surface area contributed by atoms with Gasteiger partial charge in [0.15, 0.2) is 61.0 Å². The number of hydrogen-bond donors (Lipinski definition) is 0. The molecule has 0 bridgehead atoms. The number of aromatic nitrogens is 4. The number of thioether (sulfide) groups is 4. The molecule has 0 atom stereocenters. The van der Waals surface area contributed by atoms with Crippen LogP contribution in [0.4, 0.5) is 0 Å². The van der Waals surface area contributed by atoms with Crippen LogP contribution in [-0.4, -0.2) is 21.0 Å². The zero-order chi connectivity index (χ0) is 42.2. The van der Waals surface area contributed by atoms with Gasteiger partial charge in [-0.25, -0.2) is 18.3 Å². The lowest BCUT2D eigenvalue weighted by molar-refractivity contribution is -0.723. The molecule has 4 nitrogen and oxygen atoms in total. The number of fused-ring (bicyclic) bond motifs is 2. The molecule has 4 aromatic heterocycles. The van der Waals surface area contributed by atoms with Gasteiger partial charge in [0.25, 0.3) is 0 Å². The monoisotopic (exact) mass is 846 g/mol. The predicted molar refractivity (Wildman–Crippen MR) is 252 cm³/mol. The Hall–Kier alpha value is -2.52. The standard InChI is InChI=1S/C14H22NS.C13H16NS.2C11H18NS/c1-10(2)15-9-8-14(16-11(3)4)12-6-5-7-13(12)15;1-10(2)15-13-8-9-14(3)12-7-5-4-6-11(12)13;1-9(2)12-7-5-11(6-8-12)13-10(3)4;1-9(2)12-7-5-6-11(8-12)13-10(3)4/h8-11H,5-7H2,1-4H3;4-10H,1-3H3;2*5-10H,1-4H3/q4*+1. The maximum Gasteiger partial charge on any atom is 0.213 e. The van der Waals surface area contributed by atoms with Crippen molar-refractivity contribution in [2.45, 2.75) is 175 Å². The van der Waals surface area contributed by atoms with Gasteiger partial charge < -0.3 is 0 Å². The van der Waals surface area contributed by atoms with Gasteiger partial charge in [0.2, 0.25) is 5.52 Å². The molecule has 0 fully saturated rings. The minimum absolute atomic E-state index is 0.549. The van der Waals surface area contributed by atoms with Gasteiger partial charge in [-0.05, 0) is 66.5 Å². The second-order valence-electron chi connectivity index (χ2n) is 16.6. The van der Waals surface area contributed by atoms with Gasteiger partial charge in [-0.15, -0.1) is 47.0 Å². The van der Waals surface area contributed by atoms with E-state index in [0.717, 1.165) is 0 Å². The summed E-state index contributed by atoms with van der Waals surface area (Å²) in [6.45, 7) is 31.2. The van der Waals surface area contributed by atoms with Crippen molar-refractivity contribution in [1.29, 1.82) is 0 Å². The quantitative estimate of drug-likeness (QED) is 0.0971. The number of hydrogen-bond acceptors (Lipinski definition) is 4. The van der Waals surface area contributed by atoms with Crippen LogP contribution in [0.5, 0.6) is 0 Å². The van der Waals surface area contributed by atoms with E-state index in [1.807, 2.05) is 47.0 Å². The molecule has 6 rings (SSSR count). The number of para-hydroxylation sites is 1. The van der Waals surface area contributed by atoms with Crippen molar-refractivity contribution in [3.8, 4) is 0 Å². The van der Waals surface area contributed by atoms with Crippen LogP contribution in [0.3, 0.4) is 0 Å². The van der Waals surface area contributed by atoms with E-state index >= 15 is 0 Å². The molecular formula is C49H74N4S4+4. The van der Waals surface area contributed by atoms with Crippen molar-refractivity contribution in [1.82, 2.24) is 0 Å². The fraction of sp³-hybridized carbons (Fsp3) is 0.510. The third-order valence-corrected chi connectivity index (χ3v) is 13.2. The molecule has 0 radical (unpaired) electrons. The molecule has 0 unspecified atom stereocenters. The van der Waals surface area contributed by atoms with E-state index in [1.54, 1.807) is 11.3 Å². The first-order valence-electron chi connectivity index (χ1n) is 21.1. The number of rotatable bonds is 11. The highest BCUT2D eigenvalue weighted by Crippen LogP contribution is 2.33. The first-order valence-corrected chi connectivity index (χ1v) is 24.6.